The van der Waals surface area contributed by atoms with Crippen LogP contribution in [0, 0.1) is 0 Å². The lowest BCUT2D eigenvalue weighted by Gasteiger charge is -2.09. The molecule has 1 aliphatic rings. The minimum atomic E-state index is -0.370. The predicted octanol–water partition coefficient (Wildman–Crippen LogP) is 1.93. The molecule has 1 unspecified atom stereocenters. The number of benzene rings is 1. The molecule has 0 aliphatic heterocycles. The van der Waals surface area contributed by atoms with E-state index in [9.17, 15) is 4.79 Å². The highest BCUT2D eigenvalue weighted by Crippen LogP contribution is 2.26. The maximum Gasteiger partial charge on any atom is 0.273 e. The van der Waals surface area contributed by atoms with Gasteiger partial charge in [0.2, 0.25) is 0 Å². The summed E-state index contributed by atoms with van der Waals surface area (Å²) >= 11 is 1.44. The second-order valence-electron chi connectivity index (χ2n) is 5.53. The highest BCUT2D eigenvalue weighted by molar-refractivity contribution is 7.14. The lowest BCUT2D eigenvalue weighted by atomic mass is 10.2. The number of carbonyl (C=O) groups is 1. The molecule has 3 N–H and O–H groups in total. The number of nitrogens with zero attached hydrogens (tertiary/aromatic N) is 4. The van der Waals surface area contributed by atoms with Crippen molar-refractivity contribution < 1.29 is 4.79 Å². The lowest BCUT2D eigenvalue weighted by Crippen LogP contribution is -2.34. The molecule has 3 rings (SSSR count). The maximum atomic E-state index is 12.2. The Morgan fingerprint density at radius 2 is 2.12 bits per heavy atom. The summed E-state index contributed by atoms with van der Waals surface area (Å²) in [5.74, 6) is 4.92. The quantitative estimate of drug-likeness (QED) is 0.475. The number of hydrogen-bond acceptors (Lipinski definition) is 7. The van der Waals surface area contributed by atoms with Gasteiger partial charge in [-0.2, -0.15) is 5.10 Å². The number of hydrogen-bond donors (Lipinski definition) is 2. The number of amides is 1. The van der Waals surface area contributed by atoms with Crippen molar-refractivity contribution in [1.82, 2.24) is 15.5 Å². The van der Waals surface area contributed by atoms with E-state index in [0.717, 1.165) is 28.4 Å². The molecule has 1 saturated carbocycles. The standard InChI is InChI=1S/C16H18N6OS/c1-10(19-14(23)13(20-17)9-18-12-7-8-12)15-21-22-16(24-15)11-5-3-2-4-6-11/h2-6,9-10,12H,7-8,17H2,1H3,(H,19,23)/b18-9?,20-13+. The zero-order valence-electron chi connectivity index (χ0n) is 13.2. The van der Waals surface area contributed by atoms with Crippen LogP contribution in [0.5, 0.6) is 0 Å². The van der Waals surface area contributed by atoms with Crippen LogP contribution in [0.15, 0.2) is 40.4 Å². The minimum absolute atomic E-state index is 0.113. The van der Waals surface area contributed by atoms with Gasteiger partial charge in [0.15, 0.2) is 5.71 Å². The Morgan fingerprint density at radius 3 is 2.79 bits per heavy atom. The van der Waals surface area contributed by atoms with Crippen LogP contribution in [0.4, 0.5) is 0 Å². The second-order valence-corrected chi connectivity index (χ2v) is 6.54. The van der Waals surface area contributed by atoms with Gasteiger partial charge >= 0.3 is 0 Å². The molecule has 0 saturated heterocycles. The van der Waals surface area contributed by atoms with Crippen molar-refractivity contribution in [3.63, 3.8) is 0 Å². The molecule has 1 aromatic heterocycles. The highest BCUT2D eigenvalue weighted by Gasteiger charge is 2.21. The molecule has 0 spiro atoms. The van der Waals surface area contributed by atoms with E-state index >= 15 is 0 Å². The van der Waals surface area contributed by atoms with Crippen LogP contribution in [0.25, 0.3) is 10.6 Å². The first kappa shape index (κ1) is 16.3. The molecule has 1 aliphatic carbocycles. The fourth-order valence-electron chi connectivity index (χ4n) is 1.99. The summed E-state index contributed by atoms with van der Waals surface area (Å²) in [5.41, 5.74) is 1.11. The van der Waals surface area contributed by atoms with Gasteiger partial charge in [0.1, 0.15) is 10.0 Å². The second kappa shape index (κ2) is 7.31. The zero-order chi connectivity index (χ0) is 16.9. The number of carbonyl (C=O) groups excluding carboxylic acids is 1. The van der Waals surface area contributed by atoms with Crippen LogP contribution >= 0.6 is 11.3 Å². The Hall–Kier alpha value is -2.61. The number of nitrogens with one attached hydrogen (secondary N) is 1. The number of hydrazone groups is 1. The Morgan fingerprint density at radius 1 is 1.38 bits per heavy atom. The first-order chi connectivity index (χ1) is 11.7. The molecule has 1 amide bonds. The molecule has 24 heavy (non-hydrogen) atoms. The van der Waals surface area contributed by atoms with E-state index in [2.05, 4.69) is 25.6 Å². The molecule has 124 valence electrons. The summed E-state index contributed by atoms with van der Waals surface area (Å²) in [6, 6.07) is 9.81. The van der Waals surface area contributed by atoms with Crippen LogP contribution in [-0.2, 0) is 4.79 Å². The molecule has 0 radical (unpaired) electrons. The zero-order valence-corrected chi connectivity index (χ0v) is 14.0. The summed E-state index contributed by atoms with van der Waals surface area (Å²) in [4.78, 5) is 16.4. The number of aromatic nitrogens is 2. The fourth-order valence-corrected chi connectivity index (χ4v) is 2.84. The number of rotatable bonds is 6. The van der Waals surface area contributed by atoms with Crippen molar-refractivity contribution in [2.75, 3.05) is 0 Å². The van der Waals surface area contributed by atoms with Crippen molar-refractivity contribution in [2.24, 2.45) is 15.9 Å². The largest absolute Gasteiger partial charge is 0.342 e. The summed E-state index contributed by atoms with van der Waals surface area (Å²) in [5, 5.41) is 16.2. The molecular weight excluding hydrogens is 324 g/mol. The van der Waals surface area contributed by atoms with Gasteiger partial charge in [-0.25, -0.2) is 0 Å². The van der Waals surface area contributed by atoms with Crippen LogP contribution in [0.3, 0.4) is 0 Å². The van der Waals surface area contributed by atoms with Crippen molar-refractivity contribution in [1.29, 1.82) is 0 Å². The van der Waals surface area contributed by atoms with E-state index < -0.39 is 0 Å². The average molecular weight is 342 g/mol. The van der Waals surface area contributed by atoms with Crippen LogP contribution in [0.1, 0.15) is 30.8 Å². The van der Waals surface area contributed by atoms with E-state index in [0.29, 0.717) is 6.04 Å². The Labute approximate surface area is 143 Å². The highest BCUT2D eigenvalue weighted by atomic mass is 32.1. The molecule has 1 fully saturated rings. The Balaban J connectivity index is 1.65. The monoisotopic (exact) mass is 342 g/mol. The van der Waals surface area contributed by atoms with E-state index in [1.54, 1.807) is 0 Å². The summed E-state index contributed by atoms with van der Waals surface area (Å²) in [6.07, 6.45) is 3.55. The van der Waals surface area contributed by atoms with Crippen molar-refractivity contribution in [2.45, 2.75) is 31.8 Å². The van der Waals surface area contributed by atoms with Gasteiger partial charge in [0, 0.05) is 5.56 Å². The van der Waals surface area contributed by atoms with Gasteiger partial charge in [-0.05, 0) is 19.8 Å². The van der Waals surface area contributed by atoms with Gasteiger partial charge < -0.3 is 11.2 Å². The van der Waals surface area contributed by atoms with Crippen molar-refractivity contribution >= 4 is 29.2 Å². The van der Waals surface area contributed by atoms with Gasteiger partial charge in [0.25, 0.3) is 5.91 Å². The minimum Gasteiger partial charge on any atom is -0.342 e. The van der Waals surface area contributed by atoms with Crippen LogP contribution < -0.4 is 11.2 Å². The topological polar surface area (TPSA) is 106 Å². The number of aliphatic imine (C=N–C) groups is 1. The normalized spacial score (nSPS) is 16.3. The smallest absolute Gasteiger partial charge is 0.273 e. The van der Waals surface area contributed by atoms with Crippen molar-refractivity contribution in [3.8, 4) is 10.6 Å². The SMILES string of the molecule is CC(NC(=O)/C(C=NC1CC1)=N/N)c1nnc(-c2ccccc2)s1. The molecule has 0 bridgehead atoms. The number of nitrogens with two attached hydrogens (primary N) is 1. The van der Waals surface area contributed by atoms with Crippen molar-refractivity contribution in [3.05, 3.63) is 35.3 Å². The molecule has 7 nitrogen and oxygen atoms in total. The average Bonchev–Trinajstić information content (AvgIpc) is 3.29. The lowest BCUT2D eigenvalue weighted by molar-refractivity contribution is -0.115. The first-order valence-electron chi connectivity index (χ1n) is 7.68. The molecule has 1 atom stereocenters. The summed E-state index contributed by atoms with van der Waals surface area (Å²) in [7, 11) is 0. The molecule has 2 aromatic rings. The first-order valence-corrected chi connectivity index (χ1v) is 8.49. The molecule has 8 heteroatoms. The van der Waals surface area contributed by atoms with E-state index in [1.807, 2.05) is 37.3 Å². The van der Waals surface area contributed by atoms with E-state index in [4.69, 9.17) is 5.84 Å². The Kier molecular flexibility index (Phi) is 4.95. The van der Waals surface area contributed by atoms with Gasteiger partial charge in [-0.15, -0.1) is 10.2 Å². The third-order valence-electron chi connectivity index (χ3n) is 3.51. The van der Waals surface area contributed by atoms with E-state index in [-0.39, 0.29) is 17.7 Å². The third-order valence-corrected chi connectivity index (χ3v) is 4.66. The molecular formula is C16H18N6OS. The van der Waals surface area contributed by atoms with Crippen LogP contribution in [0.2, 0.25) is 0 Å². The van der Waals surface area contributed by atoms with Crippen LogP contribution in [-0.4, -0.2) is 34.1 Å². The fraction of sp³-hybridized carbons (Fsp3) is 0.312. The predicted molar refractivity (Wildman–Crippen MR) is 95.0 cm³/mol. The van der Waals surface area contributed by atoms with E-state index in [1.165, 1.54) is 17.6 Å². The molecule has 1 heterocycles. The Bertz CT molecular complexity index is 766. The van der Waals surface area contributed by atoms with Gasteiger partial charge in [-0.1, -0.05) is 41.7 Å². The van der Waals surface area contributed by atoms with Gasteiger partial charge in [-0.3, -0.25) is 9.79 Å². The summed E-state index contributed by atoms with van der Waals surface area (Å²) in [6.45, 7) is 1.85. The third kappa shape index (κ3) is 4.02. The van der Waals surface area contributed by atoms with Gasteiger partial charge in [0.05, 0.1) is 18.3 Å². The maximum absolute atomic E-state index is 12.2. The molecule has 1 aromatic carbocycles. The summed E-state index contributed by atoms with van der Waals surface area (Å²) < 4.78 is 0.